The minimum absolute atomic E-state index is 0.0331. The molecule has 3 aromatic carbocycles. The standard InChI is InChI=1S/C24H23ClN2O5S/c1-16(7-8-17-5-3-2-4-6-17)27-33(29,30)19-10-11-21(25)20(14-19)24(28)26-18-9-12-22-23(13-18)32-15-31-22/h2-6,9-14,16,27H,7-8,15H2,1H3,(H,26,28)/t16-/m0/s1. The monoisotopic (exact) mass is 486 g/mol. The molecule has 1 amide bonds. The number of nitrogens with one attached hydrogen (secondary N) is 2. The number of anilines is 1. The Morgan fingerprint density at radius 2 is 1.79 bits per heavy atom. The molecule has 2 N–H and O–H groups in total. The number of benzene rings is 3. The Kier molecular flexibility index (Phi) is 6.88. The first-order valence-electron chi connectivity index (χ1n) is 10.4. The lowest BCUT2D eigenvalue weighted by Gasteiger charge is -2.15. The first kappa shape index (κ1) is 23.1. The van der Waals surface area contributed by atoms with Gasteiger partial charge < -0.3 is 14.8 Å². The fourth-order valence-electron chi connectivity index (χ4n) is 3.44. The molecule has 0 unspecified atom stereocenters. The van der Waals surface area contributed by atoms with Crippen LogP contribution in [0.25, 0.3) is 0 Å². The molecule has 0 aliphatic carbocycles. The summed E-state index contributed by atoms with van der Waals surface area (Å²) in [7, 11) is -3.84. The van der Waals surface area contributed by atoms with Crippen molar-refractivity contribution in [2.24, 2.45) is 0 Å². The number of carbonyl (C=O) groups is 1. The van der Waals surface area contributed by atoms with Crippen molar-refractivity contribution in [1.29, 1.82) is 0 Å². The number of aryl methyl sites for hydroxylation is 1. The SMILES string of the molecule is C[C@@H](CCc1ccccc1)NS(=O)(=O)c1ccc(Cl)c(C(=O)Nc2ccc3c(c2)OCO3)c1. The summed E-state index contributed by atoms with van der Waals surface area (Å²) in [6.45, 7) is 1.93. The first-order chi connectivity index (χ1) is 15.8. The molecule has 0 saturated carbocycles. The largest absolute Gasteiger partial charge is 0.454 e. The predicted molar refractivity (Wildman–Crippen MR) is 127 cm³/mol. The second kappa shape index (κ2) is 9.82. The van der Waals surface area contributed by atoms with E-state index in [1.807, 2.05) is 37.3 Å². The molecule has 33 heavy (non-hydrogen) atoms. The number of fused-ring (bicyclic) bond motifs is 1. The van der Waals surface area contributed by atoms with Crippen LogP contribution < -0.4 is 19.5 Å². The maximum absolute atomic E-state index is 12.9. The summed E-state index contributed by atoms with van der Waals surface area (Å²) in [5.41, 5.74) is 1.66. The van der Waals surface area contributed by atoms with Crippen molar-refractivity contribution in [2.45, 2.75) is 30.7 Å². The summed E-state index contributed by atoms with van der Waals surface area (Å²) in [6.07, 6.45) is 1.38. The molecule has 172 valence electrons. The molecule has 3 aromatic rings. The molecular weight excluding hydrogens is 464 g/mol. The van der Waals surface area contributed by atoms with Crippen LogP contribution >= 0.6 is 11.6 Å². The van der Waals surface area contributed by atoms with Crippen LogP contribution in [0.1, 0.15) is 29.3 Å². The Labute approximate surface area is 197 Å². The van der Waals surface area contributed by atoms with Gasteiger partial charge in [0, 0.05) is 17.8 Å². The molecule has 1 aliphatic heterocycles. The minimum Gasteiger partial charge on any atom is -0.454 e. The topological polar surface area (TPSA) is 93.7 Å². The van der Waals surface area contributed by atoms with E-state index >= 15 is 0 Å². The Morgan fingerprint density at radius 3 is 2.58 bits per heavy atom. The summed E-state index contributed by atoms with van der Waals surface area (Å²) < 4.78 is 39.1. The zero-order valence-electron chi connectivity index (χ0n) is 17.9. The van der Waals surface area contributed by atoms with Gasteiger partial charge in [0.05, 0.1) is 15.5 Å². The summed E-state index contributed by atoms with van der Waals surface area (Å²) >= 11 is 6.20. The molecule has 0 aromatic heterocycles. The van der Waals surface area contributed by atoms with Crippen LogP contribution in [0, 0.1) is 0 Å². The molecule has 1 atom stereocenters. The third-order valence-corrected chi connectivity index (χ3v) is 7.11. The molecule has 0 radical (unpaired) electrons. The Bertz CT molecular complexity index is 1270. The van der Waals surface area contributed by atoms with Gasteiger partial charge >= 0.3 is 0 Å². The summed E-state index contributed by atoms with van der Waals surface area (Å²) in [6, 6.07) is 18.6. The third kappa shape index (κ3) is 5.65. The number of hydrogen-bond acceptors (Lipinski definition) is 5. The average Bonchev–Trinajstić information content (AvgIpc) is 3.26. The van der Waals surface area contributed by atoms with Gasteiger partial charge in [-0.1, -0.05) is 41.9 Å². The van der Waals surface area contributed by atoms with Crippen LogP contribution in [0.5, 0.6) is 11.5 Å². The van der Waals surface area contributed by atoms with Gasteiger partial charge in [0.15, 0.2) is 11.5 Å². The summed E-state index contributed by atoms with van der Waals surface area (Å²) in [5.74, 6) is 0.573. The fraction of sp³-hybridized carbons (Fsp3) is 0.208. The van der Waals surface area contributed by atoms with Gasteiger partial charge in [-0.25, -0.2) is 13.1 Å². The van der Waals surface area contributed by atoms with Crippen LogP contribution in [0.3, 0.4) is 0 Å². The molecule has 9 heteroatoms. The number of halogens is 1. The number of hydrogen-bond donors (Lipinski definition) is 2. The summed E-state index contributed by atoms with van der Waals surface area (Å²) in [5, 5.41) is 2.86. The van der Waals surface area contributed by atoms with E-state index < -0.39 is 15.9 Å². The van der Waals surface area contributed by atoms with Crippen LogP contribution in [0.15, 0.2) is 71.6 Å². The van der Waals surface area contributed by atoms with E-state index in [1.165, 1.54) is 18.2 Å². The van der Waals surface area contributed by atoms with Crippen molar-refractivity contribution >= 4 is 33.2 Å². The van der Waals surface area contributed by atoms with Gasteiger partial charge in [-0.05, 0) is 55.7 Å². The zero-order chi connectivity index (χ0) is 23.4. The number of carbonyl (C=O) groups excluding carboxylic acids is 1. The Balaban J connectivity index is 1.45. The van der Waals surface area contributed by atoms with Crippen LogP contribution in [-0.4, -0.2) is 27.2 Å². The normalized spacial score (nSPS) is 13.5. The van der Waals surface area contributed by atoms with Crippen LogP contribution in [0.2, 0.25) is 5.02 Å². The van der Waals surface area contributed by atoms with Crippen molar-refractivity contribution in [3.63, 3.8) is 0 Å². The van der Waals surface area contributed by atoms with Gasteiger partial charge in [0.2, 0.25) is 16.8 Å². The first-order valence-corrected chi connectivity index (χ1v) is 12.2. The highest BCUT2D eigenvalue weighted by Gasteiger charge is 2.21. The van der Waals surface area contributed by atoms with E-state index in [1.54, 1.807) is 18.2 Å². The predicted octanol–water partition coefficient (Wildman–Crippen LogP) is 4.62. The molecule has 4 rings (SSSR count). The molecule has 0 fully saturated rings. The zero-order valence-corrected chi connectivity index (χ0v) is 19.4. The smallest absolute Gasteiger partial charge is 0.257 e. The van der Waals surface area contributed by atoms with Crippen molar-refractivity contribution in [1.82, 2.24) is 4.72 Å². The highest BCUT2D eigenvalue weighted by Crippen LogP contribution is 2.34. The quantitative estimate of drug-likeness (QED) is 0.484. The maximum atomic E-state index is 12.9. The lowest BCUT2D eigenvalue weighted by molar-refractivity contribution is 0.102. The van der Waals surface area contributed by atoms with Crippen LogP contribution in [-0.2, 0) is 16.4 Å². The van der Waals surface area contributed by atoms with E-state index in [-0.39, 0.29) is 28.3 Å². The third-order valence-electron chi connectivity index (χ3n) is 5.19. The summed E-state index contributed by atoms with van der Waals surface area (Å²) in [4.78, 5) is 12.8. The number of rotatable bonds is 8. The number of sulfonamides is 1. The van der Waals surface area contributed by atoms with Gasteiger partial charge in [0.1, 0.15) is 0 Å². The fourth-order valence-corrected chi connectivity index (χ4v) is 4.95. The Hall–Kier alpha value is -3.07. The second-order valence-corrected chi connectivity index (χ2v) is 9.83. The molecule has 1 heterocycles. The van der Waals surface area contributed by atoms with Crippen molar-refractivity contribution in [2.75, 3.05) is 12.1 Å². The lowest BCUT2D eigenvalue weighted by atomic mass is 10.1. The van der Waals surface area contributed by atoms with Crippen LogP contribution in [0.4, 0.5) is 5.69 Å². The number of amides is 1. The van der Waals surface area contributed by atoms with Gasteiger partial charge in [-0.2, -0.15) is 0 Å². The lowest BCUT2D eigenvalue weighted by Crippen LogP contribution is -2.33. The van der Waals surface area contributed by atoms with E-state index in [9.17, 15) is 13.2 Å². The molecular formula is C24H23ClN2O5S. The van der Waals surface area contributed by atoms with Crippen molar-refractivity contribution in [3.05, 3.63) is 82.9 Å². The van der Waals surface area contributed by atoms with E-state index in [0.717, 1.165) is 12.0 Å². The Morgan fingerprint density at radius 1 is 1.03 bits per heavy atom. The van der Waals surface area contributed by atoms with E-state index in [0.29, 0.717) is 23.6 Å². The van der Waals surface area contributed by atoms with Crippen molar-refractivity contribution in [3.8, 4) is 11.5 Å². The van der Waals surface area contributed by atoms with Gasteiger partial charge in [-0.3, -0.25) is 4.79 Å². The molecule has 0 spiro atoms. The highest BCUT2D eigenvalue weighted by molar-refractivity contribution is 7.89. The molecule has 7 nitrogen and oxygen atoms in total. The number of ether oxygens (including phenoxy) is 2. The van der Waals surface area contributed by atoms with Crippen molar-refractivity contribution < 1.29 is 22.7 Å². The molecule has 0 saturated heterocycles. The van der Waals surface area contributed by atoms with E-state index in [2.05, 4.69) is 10.0 Å². The minimum atomic E-state index is -3.84. The van der Waals surface area contributed by atoms with E-state index in [4.69, 9.17) is 21.1 Å². The molecule has 0 bridgehead atoms. The highest BCUT2D eigenvalue weighted by atomic mass is 35.5. The van der Waals surface area contributed by atoms with Gasteiger partial charge in [-0.15, -0.1) is 0 Å². The molecule has 1 aliphatic rings. The maximum Gasteiger partial charge on any atom is 0.257 e. The second-order valence-electron chi connectivity index (χ2n) is 7.71. The average molecular weight is 487 g/mol. The van der Waals surface area contributed by atoms with Gasteiger partial charge in [0.25, 0.3) is 5.91 Å².